The Labute approximate surface area is 139 Å². The molecule has 2 aliphatic carbocycles. The quantitative estimate of drug-likeness (QED) is 0.657. The Hall–Kier alpha value is -0.440. The van der Waals surface area contributed by atoms with E-state index in [0.29, 0.717) is 22.0 Å². The Bertz CT molecular complexity index is 674. The van der Waals surface area contributed by atoms with E-state index >= 15 is 0 Å². The van der Waals surface area contributed by atoms with E-state index in [1.807, 2.05) is 12.1 Å². The second-order valence-electron chi connectivity index (χ2n) is 6.26. The van der Waals surface area contributed by atoms with Crippen LogP contribution in [0, 0.1) is 11.8 Å². The minimum absolute atomic E-state index is 0.570. The van der Waals surface area contributed by atoms with E-state index in [-0.39, 0.29) is 0 Å². The molecule has 4 rings (SSSR count). The third-order valence-corrected chi connectivity index (χ3v) is 5.54. The number of fused-ring (bicyclic) bond motifs is 1. The van der Waals surface area contributed by atoms with E-state index in [2.05, 4.69) is 4.57 Å². The highest BCUT2D eigenvalue weighted by molar-refractivity contribution is 6.42. The zero-order chi connectivity index (χ0) is 14.6. The molecule has 0 N–H and O–H groups in total. The zero-order valence-corrected chi connectivity index (χ0v) is 13.9. The number of halogens is 3. The molecule has 0 radical (unpaired) electrons. The lowest BCUT2D eigenvalue weighted by atomic mass is 10.1. The van der Waals surface area contributed by atoms with Crippen molar-refractivity contribution in [2.45, 2.75) is 38.1 Å². The highest BCUT2D eigenvalue weighted by Gasteiger charge is 2.43. The van der Waals surface area contributed by atoms with Gasteiger partial charge in [-0.05, 0) is 49.7 Å². The summed E-state index contributed by atoms with van der Waals surface area (Å²) in [6.45, 7) is 0. The molecule has 5 heteroatoms. The van der Waals surface area contributed by atoms with Crippen molar-refractivity contribution in [1.29, 1.82) is 0 Å². The van der Waals surface area contributed by atoms with E-state index in [9.17, 15) is 0 Å². The van der Waals surface area contributed by atoms with Crippen molar-refractivity contribution >= 4 is 45.8 Å². The molecular formula is C16H17Cl3N2. The standard InChI is InChI=1S/C16H17Cl3N2/c17-6-5-15-20-13-7-11(18)12(19)8-14(13)21(15)16(9-1-2-9)10-3-4-10/h7-10,16H,1-6H2. The van der Waals surface area contributed by atoms with Gasteiger partial charge in [0.2, 0.25) is 0 Å². The van der Waals surface area contributed by atoms with Crippen molar-refractivity contribution in [3.05, 3.63) is 28.0 Å². The summed E-state index contributed by atoms with van der Waals surface area (Å²) in [5, 5.41) is 1.17. The van der Waals surface area contributed by atoms with Crippen molar-refractivity contribution < 1.29 is 0 Å². The van der Waals surface area contributed by atoms with Crippen molar-refractivity contribution in [2.75, 3.05) is 5.88 Å². The molecule has 2 saturated carbocycles. The van der Waals surface area contributed by atoms with Crippen LogP contribution in [0.1, 0.15) is 37.5 Å². The lowest BCUT2D eigenvalue weighted by Crippen LogP contribution is -2.16. The van der Waals surface area contributed by atoms with Gasteiger partial charge >= 0.3 is 0 Å². The number of alkyl halides is 1. The molecule has 0 bridgehead atoms. The highest BCUT2D eigenvalue weighted by Crippen LogP contribution is 2.53. The van der Waals surface area contributed by atoms with E-state index < -0.39 is 0 Å². The second kappa shape index (κ2) is 5.33. The van der Waals surface area contributed by atoms with Gasteiger partial charge in [-0.1, -0.05) is 23.2 Å². The molecule has 112 valence electrons. The van der Waals surface area contributed by atoms with Crippen LogP contribution in [0.4, 0.5) is 0 Å². The van der Waals surface area contributed by atoms with Crippen LogP contribution >= 0.6 is 34.8 Å². The lowest BCUT2D eigenvalue weighted by Gasteiger charge is -2.21. The van der Waals surface area contributed by atoms with Gasteiger partial charge < -0.3 is 4.57 Å². The van der Waals surface area contributed by atoms with Gasteiger partial charge in [0.1, 0.15) is 5.82 Å². The lowest BCUT2D eigenvalue weighted by molar-refractivity contribution is 0.393. The second-order valence-corrected chi connectivity index (χ2v) is 7.45. The van der Waals surface area contributed by atoms with Crippen LogP contribution in [0.25, 0.3) is 11.0 Å². The van der Waals surface area contributed by atoms with Crippen LogP contribution in [0.15, 0.2) is 12.1 Å². The fourth-order valence-corrected chi connectivity index (χ4v) is 3.90. The van der Waals surface area contributed by atoms with Crippen LogP contribution in [0.3, 0.4) is 0 Å². The van der Waals surface area contributed by atoms with E-state index in [0.717, 1.165) is 35.1 Å². The Morgan fingerprint density at radius 3 is 2.29 bits per heavy atom. The largest absolute Gasteiger partial charge is 0.324 e. The molecule has 0 atom stereocenters. The Morgan fingerprint density at radius 1 is 1.10 bits per heavy atom. The molecule has 0 spiro atoms. The van der Waals surface area contributed by atoms with Crippen LogP contribution in [-0.2, 0) is 6.42 Å². The molecule has 0 unspecified atom stereocenters. The van der Waals surface area contributed by atoms with Gasteiger partial charge in [0.25, 0.3) is 0 Å². The van der Waals surface area contributed by atoms with Gasteiger partial charge in [0.05, 0.1) is 21.1 Å². The van der Waals surface area contributed by atoms with Crippen molar-refractivity contribution in [2.24, 2.45) is 11.8 Å². The number of aromatic nitrogens is 2. The summed E-state index contributed by atoms with van der Waals surface area (Å²) in [7, 11) is 0. The fraction of sp³-hybridized carbons (Fsp3) is 0.562. The summed E-state index contributed by atoms with van der Waals surface area (Å²) in [6, 6.07) is 4.43. The van der Waals surface area contributed by atoms with E-state index in [1.54, 1.807) is 0 Å². The van der Waals surface area contributed by atoms with Gasteiger partial charge in [-0.2, -0.15) is 0 Å². The predicted molar refractivity (Wildman–Crippen MR) is 88.7 cm³/mol. The first kappa shape index (κ1) is 14.2. The molecule has 0 saturated heterocycles. The van der Waals surface area contributed by atoms with E-state index in [4.69, 9.17) is 39.8 Å². The van der Waals surface area contributed by atoms with Crippen LogP contribution in [0.2, 0.25) is 10.0 Å². The average Bonchev–Trinajstić information content (AvgIpc) is 3.34. The summed E-state index contributed by atoms with van der Waals surface area (Å²) in [5.41, 5.74) is 2.06. The third kappa shape index (κ3) is 2.56. The first-order valence-corrected chi connectivity index (χ1v) is 8.90. The van der Waals surface area contributed by atoms with Gasteiger partial charge in [0, 0.05) is 18.3 Å². The SMILES string of the molecule is ClCCc1nc2cc(Cl)c(Cl)cc2n1C(C1CC1)C1CC1. The molecular weight excluding hydrogens is 327 g/mol. The Balaban J connectivity index is 1.90. The highest BCUT2D eigenvalue weighted by atomic mass is 35.5. The normalized spacial score (nSPS) is 18.9. The summed E-state index contributed by atoms with van der Waals surface area (Å²) in [5.74, 6) is 3.28. The minimum atomic E-state index is 0.570. The van der Waals surface area contributed by atoms with Gasteiger partial charge in [-0.3, -0.25) is 0 Å². The van der Waals surface area contributed by atoms with Crippen LogP contribution in [-0.4, -0.2) is 15.4 Å². The first-order chi connectivity index (χ1) is 10.2. The summed E-state index contributed by atoms with van der Waals surface area (Å²) >= 11 is 18.4. The van der Waals surface area contributed by atoms with Gasteiger partial charge in [-0.15, -0.1) is 11.6 Å². The minimum Gasteiger partial charge on any atom is -0.324 e. The predicted octanol–water partition coefficient (Wildman–Crippen LogP) is 5.49. The third-order valence-electron chi connectivity index (χ3n) is 4.63. The molecule has 2 aromatic rings. The van der Waals surface area contributed by atoms with Crippen LogP contribution < -0.4 is 0 Å². The molecule has 2 aliphatic rings. The molecule has 0 aliphatic heterocycles. The monoisotopic (exact) mass is 342 g/mol. The Morgan fingerprint density at radius 2 is 1.71 bits per heavy atom. The van der Waals surface area contributed by atoms with Crippen molar-refractivity contribution in [3.63, 3.8) is 0 Å². The van der Waals surface area contributed by atoms with Crippen LogP contribution in [0.5, 0.6) is 0 Å². The van der Waals surface area contributed by atoms with Gasteiger partial charge in [-0.25, -0.2) is 4.98 Å². The van der Waals surface area contributed by atoms with Crippen molar-refractivity contribution in [1.82, 2.24) is 9.55 Å². The average molecular weight is 344 g/mol. The zero-order valence-electron chi connectivity index (χ0n) is 11.7. The summed E-state index contributed by atoms with van der Waals surface area (Å²) in [4.78, 5) is 4.78. The Kier molecular flexibility index (Phi) is 3.60. The smallest absolute Gasteiger partial charge is 0.111 e. The molecule has 1 aromatic carbocycles. The van der Waals surface area contributed by atoms with Crippen molar-refractivity contribution in [3.8, 4) is 0 Å². The number of nitrogens with zero attached hydrogens (tertiary/aromatic N) is 2. The molecule has 21 heavy (non-hydrogen) atoms. The van der Waals surface area contributed by atoms with E-state index in [1.165, 1.54) is 25.7 Å². The number of imidazole rings is 1. The number of aryl methyl sites for hydroxylation is 1. The number of rotatable bonds is 5. The number of benzene rings is 1. The molecule has 1 aromatic heterocycles. The fourth-order valence-electron chi connectivity index (χ4n) is 3.42. The van der Waals surface area contributed by atoms with Gasteiger partial charge in [0.15, 0.2) is 0 Å². The molecule has 0 amide bonds. The maximum Gasteiger partial charge on any atom is 0.111 e. The number of hydrogen-bond donors (Lipinski definition) is 0. The summed E-state index contributed by atoms with van der Waals surface area (Å²) < 4.78 is 2.43. The summed E-state index contributed by atoms with van der Waals surface area (Å²) in [6.07, 6.45) is 6.14. The molecule has 2 fully saturated rings. The maximum atomic E-state index is 6.24. The maximum absolute atomic E-state index is 6.24. The first-order valence-electron chi connectivity index (χ1n) is 7.61. The topological polar surface area (TPSA) is 17.8 Å². The molecule has 2 nitrogen and oxygen atoms in total. The molecule has 1 heterocycles. The number of hydrogen-bond acceptors (Lipinski definition) is 1.